The summed E-state index contributed by atoms with van der Waals surface area (Å²) in [5.41, 5.74) is 0.784. The van der Waals surface area contributed by atoms with E-state index in [2.05, 4.69) is 19.2 Å². The number of rotatable bonds is 5. The van der Waals surface area contributed by atoms with Gasteiger partial charge in [-0.2, -0.15) is 0 Å². The molecule has 16 heavy (non-hydrogen) atoms. The van der Waals surface area contributed by atoms with E-state index < -0.39 is 10.0 Å². The largest absolute Gasteiger partial charge is 0.385 e. The molecule has 1 rings (SSSR count). The van der Waals surface area contributed by atoms with E-state index in [1.165, 1.54) is 6.07 Å². The molecule has 0 aliphatic carbocycles. The molecule has 0 heterocycles. The van der Waals surface area contributed by atoms with E-state index in [0.29, 0.717) is 5.92 Å². The van der Waals surface area contributed by atoms with Crippen molar-refractivity contribution in [1.29, 1.82) is 0 Å². The lowest BCUT2D eigenvalue weighted by Crippen LogP contribution is -2.12. The minimum absolute atomic E-state index is 0.141. The van der Waals surface area contributed by atoms with Crippen LogP contribution in [0.3, 0.4) is 0 Å². The van der Waals surface area contributed by atoms with Crippen LogP contribution in [0.1, 0.15) is 20.3 Å². The molecule has 0 fully saturated rings. The number of hydrogen-bond donors (Lipinski definition) is 2. The van der Waals surface area contributed by atoms with Crippen molar-refractivity contribution in [2.45, 2.75) is 25.2 Å². The Morgan fingerprint density at radius 1 is 1.38 bits per heavy atom. The quantitative estimate of drug-likeness (QED) is 0.827. The summed E-state index contributed by atoms with van der Waals surface area (Å²) >= 11 is 0. The number of nitrogens with two attached hydrogens (primary N) is 1. The molecule has 0 aliphatic heterocycles. The molecule has 0 saturated carbocycles. The Balaban J connectivity index is 2.69. The number of sulfonamides is 1. The van der Waals surface area contributed by atoms with Crippen molar-refractivity contribution in [3.63, 3.8) is 0 Å². The number of benzene rings is 1. The first-order chi connectivity index (χ1) is 7.39. The Labute approximate surface area is 96.9 Å². The standard InChI is InChI=1S/C11H18N2O2S/c1-9(2)6-7-13-10-4-3-5-11(8-10)16(12,14)15/h3-5,8-9,13H,6-7H2,1-2H3,(H2,12,14,15). The molecule has 4 nitrogen and oxygen atoms in total. The van der Waals surface area contributed by atoms with E-state index >= 15 is 0 Å². The van der Waals surface area contributed by atoms with E-state index in [1.807, 2.05) is 6.07 Å². The van der Waals surface area contributed by atoms with Crippen molar-refractivity contribution in [2.24, 2.45) is 11.1 Å². The molecular weight excluding hydrogens is 224 g/mol. The fourth-order valence-electron chi connectivity index (χ4n) is 1.29. The lowest BCUT2D eigenvalue weighted by Gasteiger charge is -2.09. The van der Waals surface area contributed by atoms with Crippen LogP contribution in [0.25, 0.3) is 0 Å². The third-order valence-corrected chi connectivity index (χ3v) is 3.12. The molecule has 3 N–H and O–H groups in total. The van der Waals surface area contributed by atoms with Gasteiger partial charge in [0.15, 0.2) is 0 Å². The number of primary sulfonamides is 1. The Kier molecular flexibility index (Phi) is 4.32. The molecule has 1 aromatic carbocycles. The molecule has 0 bridgehead atoms. The summed E-state index contributed by atoms with van der Waals surface area (Å²) in [7, 11) is -3.61. The maximum absolute atomic E-state index is 11.1. The Bertz CT molecular complexity index is 441. The Hall–Kier alpha value is -1.07. The highest BCUT2D eigenvalue weighted by Gasteiger charge is 2.07. The highest BCUT2D eigenvalue weighted by atomic mass is 32.2. The predicted molar refractivity (Wildman–Crippen MR) is 65.8 cm³/mol. The number of anilines is 1. The molecule has 0 unspecified atom stereocenters. The number of nitrogens with one attached hydrogen (secondary N) is 1. The zero-order chi connectivity index (χ0) is 12.2. The van der Waals surface area contributed by atoms with Crippen LogP contribution in [-0.2, 0) is 10.0 Å². The van der Waals surface area contributed by atoms with Crippen molar-refractivity contribution < 1.29 is 8.42 Å². The average Bonchev–Trinajstić information content (AvgIpc) is 2.16. The van der Waals surface area contributed by atoms with Gasteiger partial charge < -0.3 is 5.32 Å². The van der Waals surface area contributed by atoms with E-state index in [9.17, 15) is 8.42 Å². The van der Waals surface area contributed by atoms with Gasteiger partial charge in [-0.3, -0.25) is 0 Å². The summed E-state index contributed by atoms with van der Waals surface area (Å²) in [6, 6.07) is 6.55. The lowest BCUT2D eigenvalue weighted by molar-refractivity contribution is 0.597. The van der Waals surface area contributed by atoms with Crippen molar-refractivity contribution >= 4 is 15.7 Å². The molecule has 0 saturated heterocycles. The maximum atomic E-state index is 11.1. The molecular formula is C11H18N2O2S. The summed E-state index contributed by atoms with van der Waals surface area (Å²) < 4.78 is 22.2. The van der Waals surface area contributed by atoms with E-state index in [4.69, 9.17) is 5.14 Å². The van der Waals surface area contributed by atoms with Crippen molar-refractivity contribution in [1.82, 2.24) is 0 Å². The van der Waals surface area contributed by atoms with Crippen LogP contribution in [0, 0.1) is 5.92 Å². The van der Waals surface area contributed by atoms with E-state index in [1.54, 1.807) is 12.1 Å². The third kappa shape index (κ3) is 4.20. The second-order valence-corrected chi connectivity index (χ2v) is 5.74. The Morgan fingerprint density at radius 2 is 2.06 bits per heavy atom. The maximum Gasteiger partial charge on any atom is 0.238 e. The van der Waals surface area contributed by atoms with Gasteiger partial charge >= 0.3 is 0 Å². The highest BCUT2D eigenvalue weighted by molar-refractivity contribution is 7.89. The fraction of sp³-hybridized carbons (Fsp3) is 0.455. The summed E-state index contributed by atoms with van der Waals surface area (Å²) in [5, 5.41) is 8.22. The van der Waals surface area contributed by atoms with Crippen LogP contribution in [0.4, 0.5) is 5.69 Å². The van der Waals surface area contributed by atoms with Crippen LogP contribution in [0.5, 0.6) is 0 Å². The molecule has 0 amide bonds. The average molecular weight is 242 g/mol. The van der Waals surface area contributed by atoms with Crippen molar-refractivity contribution in [3.05, 3.63) is 24.3 Å². The van der Waals surface area contributed by atoms with Gasteiger partial charge in [-0.05, 0) is 30.5 Å². The Morgan fingerprint density at radius 3 is 2.62 bits per heavy atom. The topological polar surface area (TPSA) is 72.2 Å². The summed E-state index contributed by atoms with van der Waals surface area (Å²) in [5.74, 6) is 0.619. The first-order valence-electron chi connectivity index (χ1n) is 5.26. The molecule has 0 aliphatic rings. The lowest BCUT2D eigenvalue weighted by atomic mass is 10.1. The third-order valence-electron chi connectivity index (χ3n) is 2.21. The molecule has 5 heteroatoms. The fourth-order valence-corrected chi connectivity index (χ4v) is 1.85. The van der Waals surface area contributed by atoms with E-state index in [0.717, 1.165) is 18.7 Å². The van der Waals surface area contributed by atoms with Crippen molar-refractivity contribution in [3.8, 4) is 0 Å². The van der Waals surface area contributed by atoms with Gasteiger partial charge in [0.1, 0.15) is 0 Å². The highest BCUT2D eigenvalue weighted by Crippen LogP contribution is 2.14. The molecule has 0 radical (unpaired) electrons. The van der Waals surface area contributed by atoms with Gasteiger partial charge in [0.25, 0.3) is 0 Å². The summed E-state index contributed by atoms with van der Waals surface area (Å²) in [6.07, 6.45) is 1.04. The summed E-state index contributed by atoms with van der Waals surface area (Å²) in [6.45, 7) is 5.11. The summed E-state index contributed by atoms with van der Waals surface area (Å²) in [4.78, 5) is 0.141. The van der Waals surface area contributed by atoms with Gasteiger partial charge in [-0.25, -0.2) is 13.6 Å². The smallest absolute Gasteiger partial charge is 0.238 e. The molecule has 0 spiro atoms. The SMILES string of the molecule is CC(C)CCNc1cccc(S(N)(=O)=O)c1. The van der Waals surface area contributed by atoms with Crippen LogP contribution in [0.15, 0.2) is 29.2 Å². The molecule has 0 aromatic heterocycles. The molecule has 90 valence electrons. The second kappa shape index (κ2) is 5.32. The molecule has 0 atom stereocenters. The zero-order valence-corrected chi connectivity index (χ0v) is 10.4. The zero-order valence-electron chi connectivity index (χ0n) is 9.60. The van der Waals surface area contributed by atoms with Gasteiger partial charge in [-0.1, -0.05) is 19.9 Å². The minimum Gasteiger partial charge on any atom is -0.385 e. The van der Waals surface area contributed by atoms with Gasteiger partial charge in [0.05, 0.1) is 4.90 Å². The first-order valence-corrected chi connectivity index (χ1v) is 6.81. The number of hydrogen-bond acceptors (Lipinski definition) is 3. The normalized spacial score (nSPS) is 11.8. The van der Waals surface area contributed by atoms with E-state index in [-0.39, 0.29) is 4.90 Å². The predicted octanol–water partition coefficient (Wildman–Crippen LogP) is 1.79. The monoisotopic (exact) mass is 242 g/mol. The van der Waals surface area contributed by atoms with Crippen LogP contribution >= 0.6 is 0 Å². The van der Waals surface area contributed by atoms with Crippen LogP contribution in [-0.4, -0.2) is 15.0 Å². The minimum atomic E-state index is -3.61. The van der Waals surface area contributed by atoms with Gasteiger partial charge in [0, 0.05) is 12.2 Å². The molecule has 1 aromatic rings. The van der Waals surface area contributed by atoms with Crippen molar-refractivity contribution in [2.75, 3.05) is 11.9 Å². The first kappa shape index (κ1) is 13.0. The van der Waals surface area contributed by atoms with Gasteiger partial charge in [-0.15, -0.1) is 0 Å². The van der Waals surface area contributed by atoms with Crippen LogP contribution in [0.2, 0.25) is 0 Å². The van der Waals surface area contributed by atoms with Crippen LogP contribution < -0.4 is 10.5 Å². The van der Waals surface area contributed by atoms with Gasteiger partial charge in [0.2, 0.25) is 10.0 Å². The second-order valence-electron chi connectivity index (χ2n) is 4.18.